The second kappa shape index (κ2) is 8.29. The van der Waals surface area contributed by atoms with Crippen molar-refractivity contribution in [1.29, 1.82) is 0 Å². The predicted molar refractivity (Wildman–Crippen MR) is 82.0 cm³/mol. The molecule has 3 N–H and O–H groups in total. The molecule has 0 radical (unpaired) electrons. The molecule has 2 amide bonds. The lowest BCUT2D eigenvalue weighted by Crippen LogP contribution is -2.49. The van der Waals surface area contributed by atoms with Crippen LogP contribution in [0.15, 0.2) is 30.3 Å². The van der Waals surface area contributed by atoms with E-state index in [1.165, 1.54) is 0 Å². The molecule has 5 heteroatoms. The molecule has 1 aromatic carbocycles. The van der Waals surface area contributed by atoms with Crippen molar-refractivity contribution in [3.8, 4) is 0 Å². The van der Waals surface area contributed by atoms with E-state index in [1.807, 2.05) is 51.1 Å². The summed E-state index contributed by atoms with van der Waals surface area (Å²) >= 11 is 0. The lowest BCUT2D eigenvalue weighted by Gasteiger charge is -2.23. The first-order chi connectivity index (χ1) is 9.99. The maximum absolute atomic E-state index is 12.0. The van der Waals surface area contributed by atoms with Crippen molar-refractivity contribution in [3.63, 3.8) is 0 Å². The van der Waals surface area contributed by atoms with E-state index in [1.54, 1.807) is 0 Å². The lowest BCUT2D eigenvalue weighted by molar-refractivity contribution is -0.140. The molecular weight excluding hydrogens is 268 g/mol. The van der Waals surface area contributed by atoms with Crippen molar-refractivity contribution in [3.05, 3.63) is 35.9 Å². The van der Waals surface area contributed by atoms with Crippen LogP contribution < -0.4 is 10.6 Å². The molecule has 0 saturated heterocycles. The van der Waals surface area contributed by atoms with E-state index in [9.17, 15) is 14.7 Å². The van der Waals surface area contributed by atoms with E-state index >= 15 is 0 Å². The van der Waals surface area contributed by atoms with Crippen molar-refractivity contribution in [2.75, 3.05) is 0 Å². The molecule has 1 rings (SSSR count). The largest absolute Gasteiger partial charge is 0.480 e. The number of nitrogens with one attached hydrogen (secondary N) is 2. The Morgan fingerprint density at radius 1 is 1.10 bits per heavy atom. The minimum Gasteiger partial charge on any atom is -0.480 e. The molecule has 0 heterocycles. The summed E-state index contributed by atoms with van der Waals surface area (Å²) in [5, 5.41) is 14.6. The molecule has 3 atom stereocenters. The summed E-state index contributed by atoms with van der Waals surface area (Å²) in [7, 11) is 0. The normalized spacial score (nSPS) is 14.8. The SMILES string of the molecule is CCC(NC(=O)N[C@H](C(=O)O)C(C)CC)c1ccccc1. The van der Waals surface area contributed by atoms with E-state index in [0.29, 0.717) is 6.42 Å². The Bertz CT molecular complexity index is 462. The highest BCUT2D eigenvalue weighted by Crippen LogP contribution is 2.16. The van der Waals surface area contributed by atoms with Gasteiger partial charge in [-0.2, -0.15) is 0 Å². The van der Waals surface area contributed by atoms with Crippen LogP contribution in [0.3, 0.4) is 0 Å². The zero-order valence-corrected chi connectivity index (χ0v) is 12.8. The Morgan fingerprint density at radius 2 is 1.71 bits per heavy atom. The number of benzene rings is 1. The van der Waals surface area contributed by atoms with Crippen LogP contribution in [0.1, 0.15) is 45.2 Å². The molecule has 5 nitrogen and oxygen atoms in total. The first kappa shape index (κ1) is 17.0. The molecule has 116 valence electrons. The summed E-state index contributed by atoms with van der Waals surface area (Å²) < 4.78 is 0. The number of hydrogen-bond donors (Lipinski definition) is 3. The highest BCUT2D eigenvalue weighted by atomic mass is 16.4. The number of amides is 2. The van der Waals surface area contributed by atoms with Gasteiger partial charge in [0.25, 0.3) is 0 Å². The van der Waals surface area contributed by atoms with Gasteiger partial charge < -0.3 is 15.7 Å². The Kier molecular flexibility index (Phi) is 6.72. The minimum atomic E-state index is -1.01. The van der Waals surface area contributed by atoms with Gasteiger partial charge in [0.15, 0.2) is 0 Å². The van der Waals surface area contributed by atoms with Gasteiger partial charge in [0.05, 0.1) is 6.04 Å². The van der Waals surface area contributed by atoms with Crippen LogP contribution in [0.2, 0.25) is 0 Å². The molecule has 2 unspecified atom stereocenters. The summed E-state index contributed by atoms with van der Waals surface area (Å²) in [6.07, 6.45) is 1.42. The third kappa shape index (κ3) is 5.10. The maximum Gasteiger partial charge on any atom is 0.326 e. The van der Waals surface area contributed by atoms with Gasteiger partial charge in [0.2, 0.25) is 0 Å². The number of carbonyl (C=O) groups excluding carboxylic acids is 1. The van der Waals surface area contributed by atoms with Gasteiger partial charge >= 0.3 is 12.0 Å². The highest BCUT2D eigenvalue weighted by Gasteiger charge is 2.26. The minimum absolute atomic E-state index is 0.120. The average molecular weight is 292 g/mol. The predicted octanol–water partition coefficient (Wildman–Crippen LogP) is 2.94. The summed E-state index contributed by atoms with van der Waals surface area (Å²) in [4.78, 5) is 23.3. The fourth-order valence-electron chi connectivity index (χ4n) is 2.13. The molecular formula is C16H24N2O3. The molecule has 0 aromatic heterocycles. The zero-order valence-electron chi connectivity index (χ0n) is 12.8. The van der Waals surface area contributed by atoms with Gasteiger partial charge in [-0.1, -0.05) is 57.5 Å². The van der Waals surface area contributed by atoms with E-state index in [0.717, 1.165) is 12.0 Å². The van der Waals surface area contributed by atoms with Gasteiger partial charge in [-0.05, 0) is 17.9 Å². The summed E-state index contributed by atoms with van der Waals surface area (Å²) in [5.74, 6) is -1.13. The number of carboxylic acid groups (broad SMARTS) is 1. The molecule has 1 aromatic rings. The third-order valence-electron chi connectivity index (χ3n) is 3.68. The van der Waals surface area contributed by atoms with Crippen LogP contribution in [-0.2, 0) is 4.79 Å². The lowest BCUT2D eigenvalue weighted by atomic mass is 9.99. The average Bonchev–Trinajstić information content (AvgIpc) is 2.50. The number of hydrogen-bond acceptors (Lipinski definition) is 2. The van der Waals surface area contributed by atoms with Crippen LogP contribution in [-0.4, -0.2) is 23.1 Å². The van der Waals surface area contributed by atoms with Gasteiger partial charge in [-0.3, -0.25) is 0 Å². The number of aliphatic carboxylic acids is 1. The van der Waals surface area contributed by atoms with Gasteiger partial charge in [0, 0.05) is 0 Å². The van der Waals surface area contributed by atoms with Crippen molar-refractivity contribution in [2.24, 2.45) is 5.92 Å². The number of carbonyl (C=O) groups is 2. The Hall–Kier alpha value is -2.04. The smallest absolute Gasteiger partial charge is 0.326 e. The van der Waals surface area contributed by atoms with Crippen LogP contribution >= 0.6 is 0 Å². The van der Waals surface area contributed by atoms with Gasteiger partial charge in [-0.25, -0.2) is 9.59 Å². The van der Waals surface area contributed by atoms with E-state index < -0.39 is 18.0 Å². The van der Waals surface area contributed by atoms with Gasteiger partial charge in [0.1, 0.15) is 6.04 Å². The maximum atomic E-state index is 12.0. The van der Waals surface area contributed by atoms with Crippen LogP contribution in [0.4, 0.5) is 4.79 Å². The molecule has 0 fully saturated rings. The molecule has 0 bridgehead atoms. The van der Waals surface area contributed by atoms with E-state index in [2.05, 4.69) is 10.6 Å². The molecule has 0 spiro atoms. The Morgan fingerprint density at radius 3 is 2.19 bits per heavy atom. The Balaban J connectivity index is 2.68. The zero-order chi connectivity index (χ0) is 15.8. The number of rotatable bonds is 7. The molecule has 0 aliphatic rings. The molecule has 0 saturated carbocycles. The Labute approximate surface area is 125 Å². The second-order valence-electron chi connectivity index (χ2n) is 5.19. The number of urea groups is 1. The summed E-state index contributed by atoms with van der Waals surface area (Å²) in [6, 6.07) is 8.18. The van der Waals surface area contributed by atoms with E-state index in [4.69, 9.17) is 0 Å². The van der Waals surface area contributed by atoms with Crippen molar-refractivity contribution >= 4 is 12.0 Å². The van der Waals surface area contributed by atoms with Crippen molar-refractivity contribution < 1.29 is 14.7 Å². The van der Waals surface area contributed by atoms with Crippen LogP contribution in [0, 0.1) is 5.92 Å². The van der Waals surface area contributed by atoms with Crippen molar-refractivity contribution in [2.45, 2.75) is 45.7 Å². The quantitative estimate of drug-likeness (QED) is 0.723. The highest BCUT2D eigenvalue weighted by molar-refractivity contribution is 5.82. The molecule has 0 aliphatic carbocycles. The summed E-state index contributed by atoms with van der Waals surface area (Å²) in [6.45, 7) is 5.69. The van der Waals surface area contributed by atoms with E-state index in [-0.39, 0.29) is 12.0 Å². The first-order valence-corrected chi connectivity index (χ1v) is 7.34. The topological polar surface area (TPSA) is 78.4 Å². The van der Waals surface area contributed by atoms with Crippen LogP contribution in [0.25, 0.3) is 0 Å². The molecule has 0 aliphatic heterocycles. The number of carboxylic acids is 1. The van der Waals surface area contributed by atoms with Crippen LogP contribution in [0.5, 0.6) is 0 Å². The first-order valence-electron chi connectivity index (χ1n) is 7.34. The fraction of sp³-hybridized carbons (Fsp3) is 0.500. The second-order valence-corrected chi connectivity index (χ2v) is 5.19. The third-order valence-corrected chi connectivity index (χ3v) is 3.68. The fourth-order valence-corrected chi connectivity index (χ4v) is 2.13. The van der Waals surface area contributed by atoms with Gasteiger partial charge in [-0.15, -0.1) is 0 Å². The van der Waals surface area contributed by atoms with Crippen molar-refractivity contribution in [1.82, 2.24) is 10.6 Å². The molecule has 21 heavy (non-hydrogen) atoms. The monoisotopic (exact) mass is 292 g/mol. The standard InChI is InChI=1S/C16H24N2O3/c1-4-11(3)14(15(19)20)18-16(21)17-13(5-2)12-9-7-6-8-10-12/h6-11,13-14H,4-5H2,1-3H3,(H,19,20)(H2,17,18,21)/t11?,13?,14-/m0/s1. The summed E-state index contributed by atoms with van der Waals surface area (Å²) in [5.41, 5.74) is 1.01.